The first-order valence-corrected chi connectivity index (χ1v) is 12.8. The molecule has 0 amide bonds. The number of nitrogens with zero attached hydrogens (tertiary/aromatic N) is 1. The first-order chi connectivity index (χ1) is 14.9. The molecular weight excluding hydrogens is 477 g/mol. The van der Waals surface area contributed by atoms with E-state index in [4.69, 9.17) is 39.5 Å². The lowest BCUT2D eigenvalue weighted by Gasteiger charge is -2.23. The van der Waals surface area contributed by atoms with Crippen LogP contribution in [-0.4, -0.2) is 34.1 Å². The van der Waals surface area contributed by atoms with Crippen LogP contribution in [0, 0.1) is 11.8 Å². The maximum Gasteiger partial charge on any atom is 0.348 e. The van der Waals surface area contributed by atoms with Crippen molar-refractivity contribution in [3.63, 3.8) is 0 Å². The van der Waals surface area contributed by atoms with Gasteiger partial charge in [-0.3, -0.25) is 0 Å². The Labute approximate surface area is 202 Å². The number of aliphatic hydroxyl groups excluding tert-OH is 1. The summed E-state index contributed by atoms with van der Waals surface area (Å²) < 4.78 is 5.20. The van der Waals surface area contributed by atoms with Crippen molar-refractivity contribution in [3.8, 4) is 0 Å². The van der Waals surface area contributed by atoms with Gasteiger partial charge >= 0.3 is 5.97 Å². The molecule has 3 unspecified atom stereocenters. The number of hydrogen-bond donors (Lipinski definition) is 1. The summed E-state index contributed by atoms with van der Waals surface area (Å²) in [6.45, 7) is 2.43. The molecule has 0 aromatic carbocycles. The Morgan fingerprint density at radius 2 is 1.94 bits per heavy atom. The average molecular weight is 505 g/mol. The Bertz CT molecular complexity index is 855. The van der Waals surface area contributed by atoms with E-state index in [9.17, 15) is 9.90 Å². The molecule has 8 heteroatoms. The largest absolute Gasteiger partial charge is 0.462 e. The molecule has 0 spiro atoms. The number of carbonyl (C=O) groups is 1. The maximum absolute atomic E-state index is 12.0. The Kier molecular flexibility index (Phi) is 9.47. The quantitative estimate of drug-likeness (QED) is 0.226. The number of alkyl halides is 1. The van der Waals surface area contributed by atoms with Gasteiger partial charge in [0, 0.05) is 10.3 Å². The summed E-state index contributed by atoms with van der Waals surface area (Å²) in [5.41, 5.74) is 1.02. The number of rotatable bonds is 10. The van der Waals surface area contributed by atoms with Gasteiger partial charge in [-0.15, -0.1) is 22.9 Å². The molecule has 170 valence electrons. The number of pyridine rings is 1. The summed E-state index contributed by atoms with van der Waals surface area (Å²) >= 11 is 20.1. The number of ether oxygens (including phenoxy) is 1. The van der Waals surface area contributed by atoms with Crippen molar-refractivity contribution in [1.29, 1.82) is 0 Å². The Balaban J connectivity index is 1.52. The van der Waals surface area contributed by atoms with Crippen LogP contribution in [0.1, 0.15) is 59.1 Å². The SMILES string of the molecule is CCCOC(=O)c1ccc(CCCC2C(Cl)CC(O)[C@@H]2CCc2cc(Cl)nc(Cl)c2)s1. The van der Waals surface area contributed by atoms with Crippen molar-refractivity contribution in [3.05, 3.63) is 49.9 Å². The molecule has 1 N–H and O–H groups in total. The summed E-state index contributed by atoms with van der Waals surface area (Å²) in [5, 5.41) is 11.3. The number of halogens is 3. The monoisotopic (exact) mass is 503 g/mol. The molecule has 1 aliphatic carbocycles. The van der Waals surface area contributed by atoms with Crippen LogP contribution in [0.3, 0.4) is 0 Å². The van der Waals surface area contributed by atoms with Gasteiger partial charge in [0.1, 0.15) is 15.2 Å². The fourth-order valence-electron chi connectivity index (χ4n) is 4.33. The van der Waals surface area contributed by atoms with E-state index in [-0.39, 0.29) is 29.3 Å². The summed E-state index contributed by atoms with van der Waals surface area (Å²) in [6, 6.07) is 7.49. The highest BCUT2D eigenvalue weighted by Crippen LogP contribution is 2.41. The van der Waals surface area contributed by atoms with E-state index in [1.807, 2.05) is 31.2 Å². The van der Waals surface area contributed by atoms with Crippen LogP contribution in [-0.2, 0) is 17.6 Å². The fourth-order valence-corrected chi connectivity index (χ4v) is 6.27. The van der Waals surface area contributed by atoms with E-state index >= 15 is 0 Å². The summed E-state index contributed by atoms with van der Waals surface area (Å²) in [5.74, 6) is 0.170. The third-order valence-electron chi connectivity index (χ3n) is 5.83. The number of thiophene rings is 1. The van der Waals surface area contributed by atoms with Gasteiger partial charge in [-0.05, 0) is 86.6 Å². The second kappa shape index (κ2) is 11.9. The van der Waals surface area contributed by atoms with Crippen LogP contribution in [0.2, 0.25) is 10.3 Å². The first kappa shape index (κ1) is 24.8. The van der Waals surface area contributed by atoms with E-state index in [0.717, 1.165) is 44.1 Å². The first-order valence-electron chi connectivity index (χ1n) is 10.8. The Hall–Kier alpha value is -0.850. The van der Waals surface area contributed by atoms with Crippen molar-refractivity contribution in [1.82, 2.24) is 4.98 Å². The molecule has 0 saturated heterocycles. The number of esters is 1. The molecule has 2 aromatic rings. The molecule has 1 fully saturated rings. The van der Waals surface area contributed by atoms with E-state index in [0.29, 0.717) is 28.2 Å². The molecule has 2 aromatic heterocycles. The number of aliphatic hydroxyl groups is 1. The average Bonchev–Trinajstić information content (AvgIpc) is 3.28. The zero-order valence-electron chi connectivity index (χ0n) is 17.5. The lowest BCUT2D eigenvalue weighted by atomic mass is 9.85. The molecule has 2 heterocycles. The summed E-state index contributed by atoms with van der Waals surface area (Å²) in [6.07, 6.45) is 5.47. The van der Waals surface area contributed by atoms with Crippen LogP contribution in [0.5, 0.6) is 0 Å². The minimum absolute atomic E-state index is 0.0208. The number of hydrogen-bond acceptors (Lipinski definition) is 5. The second-order valence-electron chi connectivity index (χ2n) is 8.10. The molecule has 4 nitrogen and oxygen atoms in total. The van der Waals surface area contributed by atoms with Crippen LogP contribution in [0.4, 0.5) is 0 Å². The normalized spacial score (nSPS) is 23.3. The van der Waals surface area contributed by atoms with Gasteiger partial charge in [0.2, 0.25) is 0 Å². The number of aryl methyl sites for hydroxylation is 2. The smallest absolute Gasteiger partial charge is 0.348 e. The summed E-state index contributed by atoms with van der Waals surface area (Å²) in [4.78, 5) is 17.8. The zero-order chi connectivity index (χ0) is 22.4. The highest BCUT2D eigenvalue weighted by molar-refractivity contribution is 7.13. The highest BCUT2D eigenvalue weighted by atomic mass is 35.5. The summed E-state index contributed by atoms with van der Waals surface area (Å²) in [7, 11) is 0. The van der Waals surface area contributed by atoms with Crippen molar-refractivity contribution in [2.24, 2.45) is 11.8 Å². The van der Waals surface area contributed by atoms with Gasteiger partial charge in [-0.1, -0.05) is 30.1 Å². The van der Waals surface area contributed by atoms with Gasteiger partial charge in [-0.25, -0.2) is 9.78 Å². The van der Waals surface area contributed by atoms with Gasteiger partial charge in [0.25, 0.3) is 0 Å². The lowest BCUT2D eigenvalue weighted by Crippen LogP contribution is -2.21. The minimum atomic E-state index is -0.387. The van der Waals surface area contributed by atoms with Crippen LogP contribution >= 0.6 is 46.1 Å². The van der Waals surface area contributed by atoms with E-state index in [2.05, 4.69) is 4.98 Å². The van der Waals surface area contributed by atoms with Crippen molar-refractivity contribution in [2.75, 3.05) is 6.61 Å². The minimum Gasteiger partial charge on any atom is -0.462 e. The molecule has 1 aliphatic rings. The van der Waals surface area contributed by atoms with Gasteiger partial charge in [0.15, 0.2) is 0 Å². The van der Waals surface area contributed by atoms with Gasteiger partial charge in [-0.2, -0.15) is 0 Å². The number of aromatic nitrogens is 1. The zero-order valence-corrected chi connectivity index (χ0v) is 20.6. The lowest BCUT2D eigenvalue weighted by molar-refractivity contribution is 0.0511. The third-order valence-corrected chi connectivity index (χ3v) is 7.84. The molecule has 0 bridgehead atoms. The van der Waals surface area contributed by atoms with Crippen LogP contribution in [0.25, 0.3) is 0 Å². The Morgan fingerprint density at radius 1 is 1.19 bits per heavy atom. The predicted octanol–water partition coefficient (Wildman–Crippen LogP) is 6.58. The van der Waals surface area contributed by atoms with Crippen LogP contribution < -0.4 is 0 Å². The van der Waals surface area contributed by atoms with Crippen LogP contribution in [0.15, 0.2) is 24.3 Å². The van der Waals surface area contributed by atoms with Gasteiger partial charge < -0.3 is 9.84 Å². The number of carbonyl (C=O) groups excluding carboxylic acids is 1. The van der Waals surface area contributed by atoms with Crippen molar-refractivity contribution < 1.29 is 14.6 Å². The highest BCUT2D eigenvalue weighted by Gasteiger charge is 2.40. The molecule has 1 saturated carbocycles. The van der Waals surface area contributed by atoms with Crippen molar-refractivity contribution >= 4 is 52.1 Å². The maximum atomic E-state index is 12.0. The topological polar surface area (TPSA) is 59.4 Å². The molecular formula is C23H28Cl3NO3S. The molecule has 31 heavy (non-hydrogen) atoms. The molecule has 0 radical (unpaired) electrons. The predicted molar refractivity (Wildman–Crippen MR) is 128 cm³/mol. The van der Waals surface area contributed by atoms with E-state index < -0.39 is 0 Å². The Morgan fingerprint density at radius 3 is 2.65 bits per heavy atom. The fraction of sp³-hybridized carbons (Fsp3) is 0.565. The second-order valence-corrected chi connectivity index (χ2v) is 10.6. The third kappa shape index (κ3) is 7.06. The molecule has 3 rings (SSSR count). The van der Waals surface area contributed by atoms with Crippen molar-refractivity contribution in [2.45, 2.75) is 63.4 Å². The van der Waals surface area contributed by atoms with Gasteiger partial charge in [0.05, 0.1) is 12.7 Å². The standard InChI is InChI=1S/C23H28Cl3NO3S/c1-2-10-30-23(29)20-9-7-15(31-20)4-3-5-16-17(19(28)13-18(16)24)8-6-14-11-21(25)27-22(26)12-14/h7,9,11-12,16-19,28H,2-6,8,10,13H2,1H3/t16?,17-,18?,19?/m1/s1. The van der Waals surface area contributed by atoms with E-state index in [1.54, 1.807) is 0 Å². The molecule has 0 aliphatic heterocycles. The molecule has 4 atom stereocenters. The van der Waals surface area contributed by atoms with E-state index in [1.165, 1.54) is 16.2 Å².